The maximum atomic E-state index is 10.6. The number of nitrogens with zero attached hydrogens (tertiary/aromatic N) is 4. The van der Waals surface area contributed by atoms with Gasteiger partial charge in [0, 0.05) is 24.2 Å². The number of nitro benzene ring substituents is 1. The van der Waals surface area contributed by atoms with Crippen LogP contribution in [0.3, 0.4) is 0 Å². The molecule has 1 aromatic carbocycles. The van der Waals surface area contributed by atoms with Crippen molar-refractivity contribution in [3.8, 4) is 11.4 Å². The van der Waals surface area contributed by atoms with Gasteiger partial charge in [-0.25, -0.2) is 4.98 Å². The van der Waals surface area contributed by atoms with Crippen LogP contribution < -0.4 is 5.32 Å². The highest BCUT2D eigenvalue weighted by Gasteiger charge is 2.09. The largest absolute Gasteiger partial charge is 0.317 e. The molecule has 0 saturated heterocycles. The Morgan fingerprint density at radius 3 is 2.71 bits per heavy atom. The van der Waals surface area contributed by atoms with Crippen molar-refractivity contribution in [2.24, 2.45) is 5.92 Å². The minimum atomic E-state index is -0.418. The summed E-state index contributed by atoms with van der Waals surface area (Å²) >= 11 is 0. The lowest BCUT2D eigenvalue weighted by molar-refractivity contribution is -0.384. The molecule has 2 aromatic rings. The number of aromatic nitrogens is 3. The van der Waals surface area contributed by atoms with Crippen LogP contribution in [0.1, 0.15) is 13.8 Å². The molecule has 1 N–H and O–H groups in total. The summed E-state index contributed by atoms with van der Waals surface area (Å²) in [5.74, 6) is 1.04. The lowest BCUT2D eigenvalue weighted by atomic mass is 10.2. The van der Waals surface area contributed by atoms with Crippen molar-refractivity contribution in [2.45, 2.75) is 20.4 Å². The molecule has 1 heterocycles. The number of hydrogen-bond acceptors (Lipinski definition) is 5. The van der Waals surface area contributed by atoms with Crippen LogP contribution in [-0.2, 0) is 6.54 Å². The molecule has 0 amide bonds. The van der Waals surface area contributed by atoms with Crippen LogP contribution in [-0.4, -0.2) is 32.8 Å². The van der Waals surface area contributed by atoms with Crippen molar-refractivity contribution in [2.75, 3.05) is 13.1 Å². The Morgan fingerprint density at radius 1 is 1.38 bits per heavy atom. The average Bonchev–Trinajstić information content (AvgIpc) is 2.93. The van der Waals surface area contributed by atoms with Crippen LogP contribution in [0.4, 0.5) is 5.69 Å². The molecule has 1 aromatic heterocycles. The van der Waals surface area contributed by atoms with E-state index in [-0.39, 0.29) is 5.69 Å². The van der Waals surface area contributed by atoms with E-state index in [1.165, 1.54) is 12.1 Å². The molecule has 7 nitrogen and oxygen atoms in total. The van der Waals surface area contributed by atoms with Gasteiger partial charge in [-0.2, -0.15) is 5.10 Å². The molecule has 0 bridgehead atoms. The second kappa shape index (κ2) is 6.94. The van der Waals surface area contributed by atoms with Gasteiger partial charge in [0.05, 0.1) is 4.92 Å². The van der Waals surface area contributed by atoms with Crippen molar-refractivity contribution >= 4 is 5.69 Å². The molecule has 0 fully saturated rings. The molecule has 2 rings (SSSR count). The van der Waals surface area contributed by atoms with Gasteiger partial charge in [-0.05, 0) is 31.1 Å². The van der Waals surface area contributed by atoms with Crippen molar-refractivity contribution in [3.05, 3.63) is 40.7 Å². The zero-order valence-electron chi connectivity index (χ0n) is 12.2. The van der Waals surface area contributed by atoms with E-state index in [4.69, 9.17) is 0 Å². The van der Waals surface area contributed by atoms with Crippen molar-refractivity contribution in [1.29, 1.82) is 0 Å². The van der Waals surface area contributed by atoms with E-state index in [2.05, 4.69) is 29.2 Å². The van der Waals surface area contributed by atoms with Gasteiger partial charge in [-0.1, -0.05) is 13.8 Å². The van der Waals surface area contributed by atoms with E-state index in [9.17, 15) is 10.1 Å². The fourth-order valence-electron chi connectivity index (χ4n) is 2.02. The Morgan fingerprint density at radius 2 is 2.10 bits per heavy atom. The minimum Gasteiger partial charge on any atom is -0.317 e. The van der Waals surface area contributed by atoms with Gasteiger partial charge in [0.1, 0.15) is 6.33 Å². The van der Waals surface area contributed by atoms with Crippen LogP contribution in [0.15, 0.2) is 30.6 Å². The molecule has 1 unspecified atom stereocenters. The Kier molecular flexibility index (Phi) is 4.99. The van der Waals surface area contributed by atoms with Crippen molar-refractivity contribution < 1.29 is 4.92 Å². The molecule has 0 aliphatic rings. The highest BCUT2D eigenvalue weighted by atomic mass is 16.6. The molecule has 0 aliphatic carbocycles. The molecule has 21 heavy (non-hydrogen) atoms. The van der Waals surface area contributed by atoms with Crippen molar-refractivity contribution in [3.63, 3.8) is 0 Å². The molecule has 7 heteroatoms. The quantitative estimate of drug-likeness (QED) is 0.623. The molecule has 0 saturated carbocycles. The van der Waals surface area contributed by atoms with E-state index >= 15 is 0 Å². The van der Waals surface area contributed by atoms with Gasteiger partial charge >= 0.3 is 0 Å². The normalized spacial score (nSPS) is 12.3. The summed E-state index contributed by atoms with van der Waals surface area (Å²) in [6.07, 6.45) is 1.69. The summed E-state index contributed by atoms with van der Waals surface area (Å²) in [5, 5.41) is 18.3. The van der Waals surface area contributed by atoms with E-state index in [0.717, 1.165) is 25.2 Å². The average molecular weight is 289 g/mol. The first-order valence-corrected chi connectivity index (χ1v) is 6.95. The molecule has 0 spiro atoms. The van der Waals surface area contributed by atoms with E-state index < -0.39 is 4.92 Å². The number of benzene rings is 1. The third-order valence-corrected chi connectivity index (χ3v) is 3.11. The van der Waals surface area contributed by atoms with Gasteiger partial charge in [0.15, 0.2) is 5.82 Å². The number of hydrogen-bond donors (Lipinski definition) is 1. The Bertz CT molecular complexity index is 594. The first kappa shape index (κ1) is 15.1. The number of rotatable bonds is 7. The fourth-order valence-corrected chi connectivity index (χ4v) is 2.02. The minimum absolute atomic E-state index is 0.0671. The Balaban J connectivity index is 2.03. The van der Waals surface area contributed by atoms with Crippen LogP contribution in [0.2, 0.25) is 0 Å². The lowest BCUT2D eigenvalue weighted by Crippen LogP contribution is -2.24. The van der Waals surface area contributed by atoms with Crippen LogP contribution in [0, 0.1) is 16.0 Å². The highest BCUT2D eigenvalue weighted by molar-refractivity contribution is 5.56. The van der Waals surface area contributed by atoms with Crippen LogP contribution in [0.25, 0.3) is 11.4 Å². The predicted octanol–water partition coefficient (Wildman–Crippen LogP) is 2.10. The van der Waals surface area contributed by atoms with E-state index in [1.54, 1.807) is 23.1 Å². The summed E-state index contributed by atoms with van der Waals surface area (Å²) in [5.41, 5.74) is 0.844. The molecule has 0 radical (unpaired) electrons. The monoisotopic (exact) mass is 289 g/mol. The molecule has 112 valence electrons. The summed E-state index contributed by atoms with van der Waals surface area (Å²) < 4.78 is 1.80. The third kappa shape index (κ3) is 4.09. The summed E-state index contributed by atoms with van der Waals surface area (Å²) in [6, 6.07) is 6.26. The first-order valence-electron chi connectivity index (χ1n) is 6.95. The van der Waals surface area contributed by atoms with Crippen molar-refractivity contribution in [1.82, 2.24) is 20.1 Å². The summed E-state index contributed by atoms with van der Waals surface area (Å²) in [7, 11) is 0. The number of nitrogens with one attached hydrogen (secondary N) is 1. The number of nitro groups is 1. The highest BCUT2D eigenvalue weighted by Crippen LogP contribution is 2.19. The van der Waals surface area contributed by atoms with Crippen LogP contribution in [0.5, 0.6) is 0 Å². The second-order valence-corrected chi connectivity index (χ2v) is 5.01. The van der Waals surface area contributed by atoms with Gasteiger partial charge in [-0.15, -0.1) is 0 Å². The molecular weight excluding hydrogens is 270 g/mol. The van der Waals surface area contributed by atoms with Gasteiger partial charge < -0.3 is 5.32 Å². The first-order chi connectivity index (χ1) is 10.1. The molecule has 0 aliphatic heterocycles. The maximum absolute atomic E-state index is 10.6. The van der Waals surface area contributed by atoms with Gasteiger partial charge in [0.2, 0.25) is 0 Å². The Hall–Kier alpha value is -2.28. The smallest absolute Gasteiger partial charge is 0.269 e. The lowest BCUT2D eigenvalue weighted by Gasteiger charge is -2.10. The van der Waals surface area contributed by atoms with E-state index in [0.29, 0.717) is 11.7 Å². The maximum Gasteiger partial charge on any atom is 0.269 e. The van der Waals surface area contributed by atoms with E-state index in [1.807, 2.05) is 0 Å². The summed E-state index contributed by atoms with van der Waals surface area (Å²) in [4.78, 5) is 14.5. The topological polar surface area (TPSA) is 85.9 Å². The standard InChI is InChI=1S/C14H19N5O2/c1-3-15-8-11(2)9-18-10-16-14(17-18)12-4-6-13(7-5-12)19(20)21/h4-7,10-11,15H,3,8-9H2,1-2H3. The summed E-state index contributed by atoms with van der Waals surface area (Å²) in [6.45, 7) is 6.90. The second-order valence-electron chi connectivity index (χ2n) is 5.01. The third-order valence-electron chi connectivity index (χ3n) is 3.11. The Labute approximate surface area is 123 Å². The zero-order chi connectivity index (χ0) is 15.2. The zero-order valence-corrected chi connectivity index (χ0v) is 12.2. The van der Waals surface area contributed by atoms with Gasteiger partial charge in [0.25, 0.3) is 5.69 Å². The molecular formula is C14H19N5O2. The SMILES string of the molecule is CCNCC(C)Cn1cnc(-c2ccc([N+](=O)[O-])cc2)n1. The number of non-ortho nitro benzene ring substituents is 1. The molecule has 1 atom stereocenters. The van der Waals surface area contributed by atoms with Crippen LogP contribution >= 0.6 is 0 Å². The predicted molar refractivity (Wildman–Crippen MR) is 79.8 cm³/mol. The fraction of sp³-hybridized carbons (Fsp3) is 0.429. The van der Waals surface area contributed by atoms with Gasteiger partial charge in [-0.3, -0.25) is 14.8 Å².